The molecule has 3 atom stereocenters. The number of ether oxygens (including phenoxy) is 2. The molecule has 2 aliphatic carbocycles. The number of allylic oxidation sites excluding steroid dienone is 1. The number of amides is 3. The molecule has 3 amide bonds. The first-order valence-corrected chi connectivity index (χ1v) is 16.3. The number of Topliss-reactive ketones (excluding diaryl/α,β-unsaturated/α-hetero) is 1. The molecule has 0 aliphatic heterocycles. The predicted octanol–water partition coefficient (Wildman–Crippen LogP) is 6.67. The average Bonchev–Trinajstić information content (AvgIpc) is 3.05. The minimum absolute atomic E-state index is 0.0236. The van der Waals surface area contributed by atoms with Crippen LogP contribution in [0.15, 0.2) is 84.1 Å². The third-order valence-corrected chi connectivity index (χ3v) is 8.96. The Labute approximate surface area is 273 Å². The van der Waals surface area contributed by atoms with Gasteiger partial charge in [-0.3, -0.25) is 9.69 Å². The molecule has 0 bridgehead atoms. The van der Waals surface area contributed by atoms with Crippen LogP contribution in [0.1, 0.15) is 71.8 Å². The lowest BCUT2D eigenvalue weighted by atomic mass is 9.70. The number of aliphatic hydroxyl groups excluding tert-OH is 1. The second-order valence-corrected chi connectivity index (χ2v) is 13.4. The third-order valence-electron chi connectivity index (χ3n) is 8.96. The molecule has 9 heteroatoms. The number of aliphatic hydroxyl groups is 1. The van der Waals surface area contributed by atoms with Crippen LogP contribution in [-0.2, 0) is 20.9 Å². The van der Waals surface area contributed by atoms with E-state index in [2.05, 4.69) is 10.6 Å². The Bertz CT molecular complexity index is 1400. The van der Waals surface area contributed by atoms with Crippen molar-refractivity contribution in [1.82, 2.24) is 10.6 Å². The number of carbonyl (C=O) groups is 3. The van der Waals surface area contributed by atoms with E-state index in [1.807, 2.05) is 81.4 Å². The van der Waals surface area contributed by atoms with Gasteiger partial charge in [0.1, 0.15) is 18.5 Å². The van der Waals surface area contributed by atoms with Crippen molar-refractivity contribution < 1.29 is 29.0 Å². The zero-order valence-electron chi connectivity index (χ0n) is 27.8. The smallest absolute Gasteiger partial charge is 0.408 e. The van der Waals surface area contributed by atoms with Crippen molar-refractivity contribution in [3.63, 3.8) is 0 Å². The quantitative estimate of drug-likeness (QED) is 0.255. The van der Waals surface area contributed by atoms with Gasteiger partial charge in [0.05, 0.1) is 13.2 Å². The molecule has 1 saturated carbocycles. The number of methoxy groups -OCH3 is 1. The van der Waals surface area contributed by atoms with Gasteiger partial charge in [0.25, 0.3) is 0 Å². The molecule has 9 nitrogen and oxygen atoms in total. The Kier molecular flexibility index (Phi) is 11.7. The molecule has 3 N–H and O–H groups in total. The van der Waals surface area contributed by atoms with Crippen LogP contribution in [0.2, 0.25) is 0 Å². The van der Waals surface area contributed by atoms with Crippen molar-refractivity contribution in [2.24, 2.45) is 11.3 Å². The summed E-state index contributed by atoms with van der Waals surface area (Å²) < 4.78 is 11.0. The summed E-state index contributed by atoms with van der Waals surface area (Å²) in [6, 6.07) is 16.9. The van der Waals surface area contributed by atoms with E-state index in [1.165, 1.54) is 39.4 Å². The fourth-order valence-electron chi connectivity index (χ4n) is 6.29. The number of hydrogen-bond donors (Lipinski definition) is 3. The molecule has 2 aromatic carbocycles. The van der Waals surface area contributed by atoms with Gasteiger partial charge in [0, 0.05) is 12.2 Å². The Balaban J connectivity index is 1.64. The van der Waals surface area contributed by atoms with Gasteiger partial charge in [0.2, 0.25) is 0 Å². The number of carbonyl (C=O) groups excluding carboxylic acids is 3. The fourth-order valence-corrected chi connectivity index (χ4v) is 6.29. The number of hydrogen-bond acceptors (Lipinski definition) is 6. The largest absolute Gasteiger partial charge is 0.497 e. The van der Waals surface area contributed by atoms with Crippen molar-refractivity contribution in [3.8, 4) is 0 Å². The van der Waals surface area contributed by atoms with Gasteiger partial charge in [-0.25, -0.2) is 9.59 Å². The van der Waals surface area contributed by atoms with Crippen LogP contribution < -0.4 is 15.5 Å². The molecule has 0 radical (unpaired) electrons. The maximum absolute atomic E-state index is 14.5. The van der Waals surface area contributed by atoms with E-state index in [1.54, 1.807) is 11.0 Å². The number of alkyl carbamates (subject to hydrolysis) is 1. The van der Waals surface area contributed by atoms with Gasteiger partial charge < -0.3 is 25.2 Å². The molecule has 46 heavy (non-hydrogen) atoms. The summed E-state index contributed by atoms with van der Waals surface area (Å²) in [6.07, 6.45) is 7.63. The van der Waals surface area contributed by atoms with E-state index in [0.717, 1.165) is 24.8 Å². The number of urea groups is 1. The molecule has 0 saturated heterocycles. The average molecular weight is 632 g/mol. The third kappa shape index (κ3) is 8.57. The van der Waals surface area contributed by atoms with Crippen LogP contribution in [0, 0.1) is 11.3 Å². The summed E-state index contributed by atoms with van der Waals surface area (Å²) in [4.78, 5) is 43.3. The molecule has 2 aliphatic rings. The summed E-state index contributed by atoms with van der Waals surface area (Å²) in [7, 11) is 1.47. The van der Waals surface area contributed by atoms with E-state index >= 15 is 0 Å². The Morgan fingerprint density at radius 3 is 2.24 bits per heavy atom. The molecule has 4 rings (SSSR count). The number of anilines is 1. The molecular formula is C37H49N3O6. The van der Waals surface area contributed by atoms with Crippen molar-refractivity contribution in [2.45, 2.75) is 90.5 Å². The first-order valence-electron chi connectivity index (χ1n) is 16.3. The standard InChI is InChI=1S/C37H49N3O6/c1-26(38-35(44)46-25-28-17-11-7-12-18-28)32(41)37(24-30(45-5)23-31(33(37)42)36(2,3)4)39-34(43)40(29-19-13-8-14-20-29)22-21-27-15-9-6-10-16-27/h7-8,11-14,17-20,23-24,26-27,33,42H,6,9-10,15-16,21-22,25H2,1-5H3,(H,38,44)(H,39,43)/t26-,33?,37?/m0/s1. The van der Waals surface area contributed by atoms with E-state index in [0.29, 0.717) is 29.5 Å². The van der Waals surface area contributed by atoms with Gasteiger partial charge in [-0.15, -0.1) is 0 Å². The fraction of sp³-hybridized carbons (Fsp3) is 0.486. The monoisotopic (exact) mass is 631 g/mol. The number of ketones is 1. The van der Waals surface area contributed by atoms with Crippen molar-refractivity contribution in [3.05, 3.63) is 89.7 Å². The van der Waals surface area contributed by atoms with Crippen molar-refractivity contribution >= 4 is 23.6 Å². The van der Waals surface area contributed by atoms with Crippen LogP contribution >= 0.6 is 0 Å². The van der Waals surface area contributed by atoms with Gasteiger partial charge >= 0.3 is 12.1 Å². The number of rotatable bonds is 11. The Hall–Kier alpha value is -4.11. The Morgan fingerprint density at radius 1 is 1.00 bits per heavy atom. The van der Waals surface area contributed by atoms with Crippen molar-refractivity contribution in [1.29, 1.82) is 0 Å². The lowest BCUT2D eigenvalue weighted by molar-refractivity contribution is -0.128. The number of nitrogens with zero attached hydrogens (tertiary/aromatic N) is 1. The van der Waals surface area contributed by atoms with E-state index < -0.39 is 41.0 Å². The zero-order valence-corrected chi connectivity index (χ0v) is 27.8. The highest BCUT2D eigenvalue weighted by Gasteiger charge is 2.52. The zero-order chi connectivity index (χ0) is 33.3. The van der Waals surface area contributed by atoms with Crippen molar-refractivity contribution in [2.75, 3.05) is 18.6 Å². The molecule has 0 heterocycles. The number of nitrogens with one attached hydrogen (secondary N) is 2. The van der Waals surface area contributed by atoms with E-state index in [4.69, 9.17) is 9.47 Å². The molecule has 2 unspecified atom stereocenters. The topological polar surface area (TPSA) is 117 Å². The summed E-state index contributed by atoms with van der Waals surface area (Å²) in [6.45, 7) is 7.74. The minimum Gasteiger partial charge on any atom is -0.497 e. The van der Waals surface area contributed by atoms with E-state index in [9.17, 15) is 19.5 Å². The molecule has 248 valence electrons. The molecule has 1 fully saturated rings. The van der Waals surface area contributed by atoms with Gasteiger partial charge in [-0.05, 0) is 60.1 Å². The Morgan fingerprint density at radius 2 is 1.63 bits per heavy atom. The first kappa shape index (κ1) is 34.8. The highest BCUT2D eigenvalue weighted by Crippen LogP contribution is 2.39. The second-order valence-electron chi connectivity index (χ2n) is 13.4. The summed E-state index contributed by atoms with van der Waals surface area (Å²) >= 11 is 0. The van der Waals surface area contributed by atoms with Crippen LogP contribution in [-0.4, -0.2) is 54.4 Å². The number of para-hydroxylation sites is 1. The predicted molar refractivity (Wildman–Crippen MR) is 179 cm³/mol. The van der Waals surface area contributed by atoms with Crippen LogP contribution in [0.4, 0.5) is 15.3 Å². The van der Waals surface area contributed by atoms with Gasteiger partial charge in [-0.1, -0.05) is 101 Å². The highest BCUT2D eigenvalue weighted by molar-refractivity contribution is 6.03. The van der Waals surface area contributed by atoms with Crippen LogP contribution in [0.5, 0.6) is 0 Å². The lowest BCUT2D eigenvalue weighted by Gasteiger charge is -2.44. The summed E-state index contributed by atoms with van der Waals surface area (Å²) in [5, 5.41) is 17.6. The second kappa shape index (κ2) is 15.5. The molecule has 0 aromatic heterocycles. The van der Waals surface area contributed by atoms with Crippen LogP contribution in [0.25, 0.3) is 0 Å². The minimum atomic E-state index is -1.95. The normalized spacial score (nSPS) is 20.9. The highest BCUT2D eigenvalue weighted by atomic mass is 16.5. The maximum Gasteiger partial charge on any atom is 0.408 e. The maximum atomic E-state index is 14.5. The van der Waals surface area contributed by atoms with E-state index in [-0.39, 0.29) is 6.61 Å². The lowest BCUT2D eigenvalue weighted by Crippen LogP contribution is -2.68. The first-order chi connectivity index (χ1) is 21.9. The SMILES string of the molecule is COC1=CC(NC(=O)N(CCC2CCCCC2)c2ccccc2)(C(=O)[C@H](C)NC(=O)OCc2ccccc2)C(O)C(C(C)(C)C)=C1. The van der Waals surface area contributed by atoms with Gasteiger partial charge in [0.15, 0.2) is 11.3 Å². The molecular weight excluding hydrogens is 582 g/mol. The molecule has 2 aromatic rings. The van der Waals surface area contributed by atoms with Crippen LogP contribution in [0.3, 0.4) is 0 Å². The summed E-state index contributed by atoms with van der Waals surface area (Å²) in [5.74, 6) is 0.219. The molecule has 0 spiro atoms. The summed E-state index contributed by atoms with van der Waals surface area (Å²) in [5.41, 5.74) is -0.553. The number of benzene rings is 2. The van der Waals surface area contributed by atoms with Gasteiger partial charge in [-0.2, -0.15) is 0 Å².